The normalized spacial score (nSPS) is 12.9. The summed E-state index contributed by atoms with van der Waals surface area (Å²) in [5, 5.41) is 3.44. The number of oxazole rings is 1. The third-order valence-corrected chi connectivity index (χ3v) is 4.95. The van der Waals surface area contributed by atoms with E-state index in [1.807, 2.05) is 27.7 Å². The summed E-state index contributed by atoms with van der Waals surface area (Å²) < 4.78 is 11.0. The number of carbonyl (C=O) groups excluding carboxylic acids is 2. The first-order chi connectivity index (χ1) is 13.8. The Morgan fingerprint density at radius 2 is 1.90 bits per heavy atom. The van der Waals surface area contributed by atoms with Crippen LogP contribution in [-0.4, -0.2) is 40.4 Å². The summed E-state index contributed by atoms with van der Waals surface area (Å²) in [6, 6.07) is 6.82. The van der Waals surface area contributed by atoms with Crippen LogP contribution >= 0.6 is 11.6 Å². The molecule has 1 aromatic carbocycles. The second kappa shape index (κ2) is 10.9. The van der Waals surface area contributed by atoms with E-state index in [2.05, 4.69) is 10.3 Å². The highest BCUT2D eigenvalue weighted by Crippen LogP contribution is 2.17. The molecule has 1 N–H and O–H groups in total. The van der Waals surface area contributed by atoms with Crippen LogP contribution in [0.2, 0.25) is 5.02 Å². The highest BCUT2D eigenvalue weighted by molar-refractivity contribution is 6.30. The van der Waals surface area contributed by atoms with Crippen molar-refractivity contribution in [3.63, 3.8) is 0 Å². The molecule has 8 heteroatoms. The number of benzene rings is 1. The molecule has 0 fully saturated rings. The zero-order chi connectivity index (χ0) is 21.4. The Kier molecular flexibility index (Phi) is 8.51. The minimum Gasteiger partial charge on any atom is -0.484 e. The van der Waals surface area contributed by atoms with Gasteiger partial charge in [0.1, 0.15) is 12.0 Å². The number of rotatable bonds is 10. The van der Waals surface area contributed by atoms with E-state index in [-0.39, 0.29) is 42.7 Å². The van der Waals surface area contributed by atoms with Gasteiger partial charge in [0.15, 0.2) is 12.3 Å². The van der Waals surface area contributed by atoms with E-state index < -0.39 is 0 Å². The van der Waals surface area contributed by atoms with Gasteiger partial charge in [-0.2, -0.15) is 0 Å². The molecule has 0 saturated heterocycles. The van der Waals surface area contributed by atoms with Crippen molar-refractivity contribution in [1.29, 1.82) is 0 Å². The Morgan fingerprint density at radius 1 is 1.21 bits per heavy atom. The van der Waals surface area contributed by atoms with E-state index >= 15 is 0 Å². The van der Waals surface area contributed by atoms with Crippen LogP contribution in [0.15, 0.2) is 34.9 Å². The second-order valence-electron chi connectivity index (χ2n) is 6.93. The van der Waals surface area contributed by atoms with Gasteiger partial charge in [0.2, 0.25) is 5.89 Å². The first-order valence-electron chi connectivity index (χ1n) is 9.77. The Hall–Kier alpha value is -2.54. The fourth-order valence-corrected chi connectivity index (χ4v) is 2.63. The Bertz CT molecular complexity index is 807. The lowest BCUT2D eigenvalue weighted by atomic mass is 10.2. The first-order valence-corrected chi connectivity index (χ1v) is 10.1. The van der Waals surface area contributed by atoms with Crippen molar-refractivity contribution in [1.82, 2.24) is 15.2 Å². The van der Waals surface area contributed by atoms with E-state index in [0.29, 0.717) is 16.7 Å². The Labute approximate surface area is 176 Å². The maximum Gasteiger partial charge on any atom is 0.273 e. The zero-order valence-corrected chi connectivity index (χ0v) is 18.0. The molecule has 2 atom stereocenters. The Balaban J connectivity index is 2.02. The van der Waals surface area contributed by atoms with Crippen LogP contribution in [0.5, 0.6) is 5.75 Å². The van der Waals surface area contributed by atoms with Crippen molar-refractivity contribution in [2.45, 2.75) is 59.2 Å². The average molecular weight is 422 g/mol. The molecule has 1 aromatic heterocycles. The molecule has 0 aliphatic carbocycles. The van der Waals surface area contributed by atoms with Gasteiger partial charge in [-0.15, -0.1) is 0 Å². The van der Waals surface area contributed by atoms with Gasteiger partial charge in [-0.3, -0.25) is 9.59 Å². The lowest BCUT2D eigenvalue weighted by molar-refractivity contribution is -0.136. The number of amides is 2. The standard InChI is InChI=1S/C21H28ClN3O4/c1-5-14(3)23-21(27)18-12-29-19(24-18)11-25(15(4)6-2)20(26)13-28-17-9-7-16(22)8-10-17/h7-10,12,14-15H,5-6,11,13H2,1-4H3,(H,23,27). The van der Waals surface area contributed by atoms with E-state index in [0.717, 1.165) is 12.8 Å². The van der Waals surface area contributed by atoms with Crippen LogP contribution in [0.4, 0.5) is 0 Å². The van der Waals surface area contributed by atoms with Gasteiger partial charge in [0.05, 0.1) is 6.54 Å². The predicted molar refractivity (Wildman–Crippen MR) is 111 cm³/mol. The summed E-state index contributed by atoms with van der Waals surface area (Å²) in [5.74, 6) is 0.381. The maximum atomic E-state index is 12.7. The van der Waals surface area contributed by atoms with Crippen LogP contribution in [0.3, 0.4) is 0 Å². The van der Waals surface area contributed by atoms with Crippen molar-refractivity contribution in [3.8, 4) is 5.75 Å². The quantitative estimate of drug-likeness (QED) is 0.625. The maximum absolute atomic E-state index is 12.7. The molecule has 0 spiro atoms. The smallest absolute Gasteiger partial charge is 0.273 e. The molecule has 0 saturated carbocycles. The van der Waals surface area contributed by atoms with Crippen LogP contribution < -0.4 is 10.1 Å². The number of halogens is 1. The Morgan fingerprint density at radius 3 is 2.52 bits per heavy atom. The lowest BCUT2D eigenvalue weighted by Crippen LogP contribution is -2.40. The number of aromatic nitrogens is 1. The number of hydrogen-bond donors (Lipinski definition) is 1. The molecular formula is C21H28ClN3O4. The molecule has 29 heavy (non-hydrogen) atoms. The monoisotopic (exact) mass is 421 g/mol. The van der Waals surface area contributed by atoms with E-state index in [4.69, 9.17) is 20.8 Å². The molecule has 158 valence electrons. The SMILES string of the molecule is CCC(C)NC(=O)c1coc(CN(C(=O)COc2ccc(Cl)cc2)C(C)CC)n1. The molecule has 0 aliphatic rings. The first kappa shape index (κ1) is 22.7. The number of ether oxygens (including phenoxy) is 1. The van der Waals surface area contributed by atoms with Gasteiger partial charge in [-0.1, -0.05) is 25.4 Å². The highest BCUT2D eigenvalue weighted by Gasteiger charge is 2.23. The molecule has 2 amide bonds. The minimum atomic E-state index is -0.290. The third kappa shape index (κ3) is 6.78. The van der Waals surface area contributed by atoms with Crippen LogP contribution in [-0.2, 0) is 11.3 Å². The molecule has 2 aromatic rings. The second-order valence-corrected chi connectivity index (χ2v) is 7.37. The van der Waals surface area contributed by atoms with Crippen molar-refractivity contribution in [3.05, 3.63) is 47.1 Å². The molecule has 0 aliphatic heterocycles. The van der Waals surface area contributed by atoms with E-state index in [1.165, 1.54) is 6.26 Å². The van der Waals surface area contributed by atoms with Gasteiger partial charge >= 0.3 is 0 Å². The lowest BCUT2D eigenvalue weighted by Gasteiger charge is -2.27. The summed E-state index contributed by atoms with van der Waals surface area (Å²) in [6.07, 6.45) is 2.89. The summed E-state index contributed by atoms with van der Waals surface area (Å²) in [5.41, 5.74) is 0.203. The molecule has 7 nitrogen and oxygen atoms in total. The fraction of sp³-hybridized carbons (Fsp3) is 0.476. The van der Waals surface area contributed by atoms with Crippen LogP contribution in [0, 0.1) is 0 Å². The number of nitrogens with zero attached hydrogens (tertiary/aromatic N) is 2. The van der Waals surface area contributed by atoms with Gasteiger partial charge in [-0.25, -0.2) is 4.98 Å². The average Bonchev–Trinajstić information content (AvgIpc) is 3.19. The summed E-state index contributed by atoms with van der Waals surface area (Å²) in [6.45, 7) is 7.89. The number of hydrogen-bond acceptors (Lipinski definition) is 5. The topological polar surface area (TPSA) is 84.7 Å². The highest BCUT2D eigenvalue weighted by atomic mass is 35.5. The third-order valence-electron chi connectivity index (χ3n) is 4.70. The van der Waals surface area contributed by atoms with E-state index in [9.17, 15) is 9.59 Å². The molecule has 2 unspecified atom stereocenters. The van der Waals surface area contributed by atoms with Crippen molar-refractivity contribution < 1.29 is 18.7 Å². The molecule has 1 heterocycles. The molecule has 0 radical (unpaired) electrons. The molecule has 0 bridgehead atoms. The fourth-order valence-electron chi connectivity index (χ4n) is 2.50. The predicted octanol–water partition coefficient (Wildman–Crippen LogP) is 4.06. The summed E-state index contributed by atoms with van der Waals surface area (Å²) >= 11 is 5.86. The van der Waals surface area contributed by atoms with Gasteiger partial charge in [0.25, 0.3) is 11.8 Å². The molecule has 2 rings (SSSR count). The van der Waals surface area contributed by atoms with Crippen molar-refractivity contribution >= 4 is 23.4 Å². The van der Waals surface area contributed by atoms with Gasteiger partial charge in [0, 0.05) is 17.1 Å². The summed E-state index contributed by atoms with van der Waals surface area (Å²) in [4.78, 5) is 30.8. The van der Waals surface area contributed by atoms with Crippen LogP contribution in [0.25, 0.3) is 0 Å². The van der Waals surface area contributed by atoms with Crippen molar-refractivity contribution in [2.24, 2.45) is 0 Å². The zero-order valence-electron chi connectivity index (χ0n) is 17.3. The minimum absolute atomic E-state index is 0.0411. The van der Waals surface area contributed by atoms with E-state index in [1.54, 1.807) is 29.2 Å². The molecular weight excluding hydrogens is 394 g/mol. The largest absolute Gasteiger partial charge is 0.484 e. The van der Waals surface area contributed by atoms with Crippen molar-refractivity contribution in [2.75, 3.05) is 6.61 Å². The number of carbonyl (C=O) groups is 2. The van der Waals surface area contributed by atoms with Crippen LogP contribution in [0.1, 0.15) is 56.9 Å². The van der Waals surface area contributed by atoms with Gasteiger partial charge in [-0.05, 0) is 51.0 Å². The van der Waals surface area contributed by atoms with Gasteiger partial charge < -0.3 is 19.4 Å². The summed E-state index contributed by atoms with van der Waals surface area (Å²) in [7, 11) is 0. The number of nitrogens with one attached hydrogen (secondary N) is 1.